The fourth-order valence-electron chi connectivity index (χ4n) is 4.47. The Balaban J connectivity index is 2.17. The molecule has 0 saturated carbocycles. The Morgan fingerprint density at radius 1 is 1.19 bits per heavy atom. The third-order valence-corrected chi connectivity index (χ3v) is 5.84. The summed E-state index contributed by atoms with van der Waals surface area (Å²) in [6.45, 7) is 7.79. The topological polar surface area (TPSA) is 38.0 Å². The van der Waals surface area contributed by atoms with Crippen molar-refractivity contribution in [1.29, 1.82) is 0 Å². The second-order valence-corrected chi connectivity index (χ2v) is 8.99. The molecule has 0 bridgehead atoms. The van der Waals surface area contributed by atoms with Crippen LogP contribution in [-0.2, 0) is 5.41 Å². The van der Waals surface area contributed by atoms with Crippen molar-refractivity contribution in [2.24, 2.45) is 11.1 Å². The Bertz CT molecular complexity index is 756. The summed E-state index contributed by atoms with van der Waals surface area (Å²) in [5.41, 5.74) is 7.85. The van der Waals surface area contributed by atoms with Crippen LogP contribution < -0.4 is 11.1 Å². The van der Waals surface area contributed by atoms with Crippen LogP contribution in [0.3, 0.4) is 0 Å². The largest absolute Gasteiger partial charge is 0.329 e. The van der Waals surface area contributed by atoms with E-state index >= 15 is 4.39 Å². The molecule has 140 valence electrons. The Morgan fingerprint density at radius 3 is 2.46 bits per heavy atom. The number of hydrogen-bond donors (Lipinski definition) is 2. The standard InChI is InChI=1S/C22H28ClFN2/c1-21(2,3)12-20-22(14-25,17-10-9-16(23)11-19(17)24)18(13-26-20)15-7-5-4-6-8-15/h4-11,18,20,26H,12-14,25H2,1-3H3/t18-,20+,22-/m1/s1. The van der Waals surface area contributed by atoms with Crippen molar-refractivity contribution in [2.75, 3.05) is 13.1 Å². The first-order valence-corrected chi connectivity index (χ1v) is 9.59. The predicted molar refractivity (Wildman–Crippen MR) is 107 cm³/mol. The highest BCUT2D eigenvalue weighted by atomic mass is 35.5. The summed E-state index contributed by atoms with van der Waals surface area (Å²) in [6, 6.07) is 15.4. The second kappa shape index (κ2) is 7.30. The van der Waals surface area contributed by atoms with Gasteiger partial charge in [-0.25, -0.2) is 4.39 Å². The third-order valence-electron chi connectivity index (χ3n) is 5.60. The molecule has 2 aromatic rings. The van der Waals surface area contributed by atoms with Gasteiger partial charge in [0, 0.05) is 35.5 Å². The Labute approximate surface area is 160 Å². The highest BCUT2D eigenvalue weighted by Crippen LogP contribution is 2.48. The van der Waals surface area contributed by atoms with E-state index in [0.29, 0.717) is 17.1 Å². The minimum Gasteiger partial charge on any atom is -0.329 e. The SMILES string of the molecule is CC(C)(C)C[C@@H]1NC[C@H](c2ccccc2)[C@@]1(CN)c1ccc(Cl)cc1F. The van der Waals surface area contributed by atoms with Gasteiger partial charge in [-0.2, -0.15) is 0 Å². The highest BCUT2D eigenvalue weighted by Gasteiger charge is 2.52. The summed E-state index contributed by atoms with van der Waals surface area (Å²) in [5.74, 6) is -0.164. The molecule has 0 aliphatic carbocycles. The molecule has 4 heteroatoms. The van der Waals surface area contributed by atoms with Gasteiger partial charge in [0.15, 0.2) is 0 Å². The van der Waals surface area contributed by atoms with Crippen LogP contribution in [0.4, 0.5) is 4.39 Å². The van der Waals surface area contributed by atoms with Crippen LogP contribution in [-0.4, -0.2) is 19.1 Å². The van der Waals surface area contributed by atoms with Crippen molar-refractivity contribution >= 4 is 11.6 Å². The number of benzene rings is 2. The van der Waals surface area contributed by atoms with E-state index in [2.05, 4.69) is 38.2 Å². The van der Waals surface area contributed by atoms with Gasteiger partial charge >= 0.3 is 0 Å². The smallest absolute Gasteiger partial charge is 0.128 e. The minimum atomic E-state index is -0.511. The normalized spacial score (nSPS) is 26.2. The molecule has 2 aromatic carbocycles. The van der Waals surface area contributed by atoms with Crippen LogP contribution in [0.5, 0.6) is 0 Å². The minimum absolute atomic E-state index is 0.0911. The lowest BCUT2D eigenvalue weighted by atomic mass is 9.63. The monoisotopic (exact) mass is 374 g/mol. The summed E-state index contributed by atoms with van der Waals surface area (Å²) < 4.78 is 15.1. The molecule has 2 nitrogen and oxygen atoms in total. The van der Waals surface area contributed by atoms with Gasteiger partial charge in [-0.15, -0.1) is 0 Å². The van der Waals surface area contributed by atoms with Gasteiger partial charge in [0.05, 0.1) is 0 Å². The molecule has 1 fully saturated rings. The lowest BCUT2D eigenvalue weighted by molar-refractivity contribution is 0.246. The van der Waals surface area contributed by atoms with Crippen molar-refractivity contribution in [2.45, 2.75) is 44.6 Å². The summed E-state index contributed by atoms with van der Waals surface area (Å²) in [5, 5.41) is 4.07. The number of nitrogens with two attached hydrogens (primary N) is 1. The first kappa shape index (κ1) is 19.3. The van der Waals surface area contributed by atoms with E-state index < -0.39 is 5.41 Å². The molecule has 3 rings (SSSR count). The lowest BCUT2D eigenvalue weighted by Gasteiger charge is -2.42. The van der Waals surface area contributed by atoms with Crippen molar-refractivity contribution in [3.63, 3.8) is 0 Å². The maximum absolute atomic E-state index is 15.1. The van der Waals surface area contributed by atoms with E-state index in [9.17, 15) is 0 Å². The van der Waals surface area contributed by atoms with Gasteiger partial charge in [0.25, 0.3) is 0 Å². The zero-order valence-electron chi connectivity index (χ0n) is 15.7. The van der Waals surface area contributed by atoms with Gasteiger partial charge in [-0.05, 0) is 35.1 Å². The zero-order chi connectivity index (χ0) is 18.9. The summed E-state index contributed by atoms with van der Waals surface area (Å²) in [7, 11) is 0. The molecule has 0 aromatic heterocycles. The predicted octanol–water partition coefficient (Wildman–Crippen LogP) is 4.87. The van der Waals surface area contributed by atoms with Crippen LogP contribution in [0.25, 0.3) is 0 Å². The van der Waals surface area contributed by atoms with E-state index in [1.54, 1.807) is 6.07 Å². The van der Waals surface area contributed by atoms with E-state index in [1.807, 2.05) is 24.3 Å². The Morgan fingerprint density at radius 2 is 1.88 bits per heavy atom. The van der Waals surface area contributed by atoms with Crippen LogP contribution >= 0.6 is 11.6 Å². The molecular weight excluding hydrogens is 347 g/mol. The molecular formula is C22H28ClFN2. The second-order valence-electron chi connectivity index (χ2n) is 8.56. The van der Waals surface area contributed by atoms with Crippen molar-refractivity contribution in [3.05, 3.63) is 70.5 Å². The maximum atomic E-state index is 15.1. The molecule has 0 radical (unpaired) electrons. The van der Waals surface area contributed by atoms with Gasteiger partial charge in [0.1, 0.15) is 5.82 Å². The molecule has 1 aliphatic heterocycles. The zero-order valence-corrected chi connectivity index (χ0v) is 16.5. The molecule has 26 heavy (non-hydrogen) atoms. The molecule has 3 N–H and O–H groups in total. The van der Waals surface area contributed by atoms with Gasteiger partial charge in [0.2, 0.25) is 0 Å². The number of hydrogen-bond acceptors (Lipinski definition) is 2. The molecule has 1 aliphatic rings. The average molecular weight is 375 g/mol. The molecule has 1 saturated heterocycles. The van der Waals surface area contributed by atoms with Gasteiger partial charge < -0.3 is 11.1 Å². The maximum Gasteiger partial charge on any atom is 0.128 e. The number of halogens is 2. The van der Waals surface area contributed by atoms with Gasteiger partial charge in [-0.3, -0.25) is 0 Å². The quantitative estimate of drug-likeness (QED) is 0.801. The Kier molecular flexibility index (Phi) is 5.43. The molecule has 3 atom stereocenters. The molecule has 0 spiro atoms. The summed E-state index contributed by atoms with van der Waals surface area (Å²) >= 11 is 6.02. The average Bonchev–Trinajstić information content (AvgIpc) is 2.93. The van der Waals surface area contributed by atoms with E-state index in [1.165, 1.54) is 11.6 Å². The van der Waals surface area contributed by atoms with E-state index in [4.69, 9.17) is 17.3 Å². The molecule has 1 heterocycles. The van der Waals surface area contributed by atoms with Gasteiger partial charge in [-0.1, -0.05) is 68.8 Å². The lowest BCUT2D eigenvalue weighted by Crippen LogP contribution is -2.50. The third kappa shape index (κ3) is 3.53. The number of nitrogens with one attached hydrogen (secondary N) is 1. The first-order valence-electron chi connectivity index (χ1n) is 9.22. The van der Waals surface area contributed by atoms with Crippen LogP contribution in [0, 0.1) is 11.2 Å². The van der Waals surface area contributed by atoms with Crippen molar-refractivity contribution in [1.82, 2.24) is 5.32 Å². The fourth-order valence-corrected chi connectivity index (χ4v) is 4.63. The Hall–Kier alpha value is -1.42. The van der Waals surface area contributed by atoms with E-state index in [-0.39, 0.29) is 23.2 Å². The van der Waals surface area contributed by atoms with Crippen LogP contribution in [0.2, 0.25) is 5.02 Å². The number of rotatable bonds is 4. The van der Waals surface area contributed by atoms with Crippen LogP contribution in [0.15, 0.2) is 48.5 Å². The first-order chi connectivity index (χ1) is 12.3. The summed E-state index contributed by atoms with van der Waals surface area (Å²) in [6.07, 6.45) is 0.912. The molecule has 0 unspecified atom stereocenters. The fraction of sp³-hybridized carbons (Fsp3) is 0.455. The van der Waals surface area contributed by atoms with Crippen molar-refractivity contribution in [3.8, 4) is 0 Å². The summed E-state index contributed by atoms with van der Waals surface area (Å²) in [4.78, 5) is 0. The van der Waals surface area contributed by atoms with E-state index in [0.717, 1.165) is 13.0 Å². The molecule has 0 amide bonds. The van der Waals surface area contributed by atoms with Crippen LogP contribution in [0.1, 0.15) is 44.2 Å². The van der Waals surface area contributed by atoms with Crippen molar-refractivity contribution < 1.29 is 4.39 Å². The highest BCUT2D eigenvalue weighted by molar-refractivity contribution is 6.30.